The lowest BCUT2D eigenvalue weighted by Gasteiger charge is -2.43. The molecule has 6 nitrogen and oxygen atoms in total. The first-order valence-corrected chi connectivity index (χ1v) is 7.76. The zero-order valence-electron chi connectivity index (χ0n) is 13.2. The fourth-order valence-corrected chi connectivity index (χ4v) is 3.37. The van der Waals surface area contributed by atoms with E-state index in [9.17, 15) is 9.18 Å². The number of carbonyl (C=O) groups is 1. The Morgan fingerprint density at radius 3 is 3.26 bits per heavy atom. The van der Waals surface area contributed by atoms with Crippen molar-refractivity contribution in [1.82, 2.24) is 9.88 Å². The number of halogens is 1. The first kappa shape index (κ1) is 16.1. The van der Waals surface area contributed by atoms with Crippen LogP contribution in [0, 0.1) is 11.2 Å². The normalized spacial score (nSPS) is 26.9. The molecule has 0 N–H and O–H groups in total. The number of hydrogen-bond donors (Lipinski definition) is 0. The second kappa shape index (κ2) is 6.80. The first-order chi connectivity index (χ1) is 11.1. The van der Waals surface area contributed by atoms with E-state index < -0.39 is 5.82 Å². The number of fused-ring (bicyclic) bond motifs is 1. The molecule has 2 aliphatic heterocycles. The van der Waals surface area contributed by atoms with Gasteiger partial charge in [-0.1, -0.05) is 0 Å². The van der Waals surface area contributed by atoms with E-state index in [4.69, 9.17) is 14.2 Å². The van der Waals surface area contributed by atoms with Crippen LogP contribution >= 0.6 is 0 Å². The molecule has 2 atom stereocenters. The smallest absolute Gasteiger partial charge is 0.250 e. The molecule has 1 amide bonds. The number of aromatic nitrogens is 1. The molecule has 126 valence electrons. The van der Waals surface area contributed by atoms with Crippen molar-refractivity contribution in [2.24, 2.45) is 5.41 Å². The van der Waals surface area contributed by atoms with Gasteiger partial charge in [-0.2, -0.15) is 0 Å². The third-order valence-corrected chi connectivity index (χ3v) is 4.61. The Bertz CT molecular complexity index is 571. The molecule has 1 aromatic heterocycles. The number of amides is 1. The summed E-state index contributed by atoms with van der Waals surface area (Å²) < 4.78 is 30.1. The summed E-state index contributed by atoms with van der Waals surface area (Å²) in [5.74, 6) is -0.531. The number of likely N-dealkylation sites (tertiary alicyclic amines) is 1. The molecule has 0 aromatic carbocycles. The van der Waals surface area contributed by atoms with E-state index in [1.165, 1.54) is 25.4 Å². The van der Waals surface area contributed by atoms with Gasteiger partial charge in [0, 0.05) is 33.0 Å². The molecule has 3 heterocycles. The highest BCUT2D eigenvalue weighted by Gasteiger charge is 2.49. The molecule has 0 spiro atoms. The number of ether oxygens (including phenoxy) is 3. The van der Waals surface area contributed by atoms with Crippen molar-refractivity contribution in [3.8, 4) is 5.88 Å². The van der Waals surface area contributed by atoms with E-state index in [2.05, 4.69) is 4.98 Å². The number of carbonyl (C=O) groups excluding carboxylic acids is 1. The largest absolute Gasteiger partial charge is 0.475 e. The monoisotopic (exact) mass is 324 g/mol. The van der Waals surface area contributed by atoms with Gasteiger partial charge < -0.3 is 19.1 Å². The zero-order chi connectivity index (χ0) is 16.3. The van der Waals surface area contributed by atoms with Crippen molar-refractivity contribution in [3.05, 3.63) is 24.1 Å². The first-order valence-electron chi connectivity index (χ1n) is 7.76. The van der Waals surface area contributed by atoms with Crippen LogP contribution in [0.2, 0.25) is 0 Å². The molecule has 2 saturated heterocycles. The minimum absolute atomic E-state index is 0.00661. The highest BCUT2D eigenvalue weighted by atomic mass is 19.1. The molecule has 2 fully saturated rings. The summed E-state index contributed by atoms with van der Waals surface area (Å²) in [5.41, 5.74) is -0.314. The van der Waals surface area contributed by atoms with Gasteiger partial charge in [0.2, 0.25) is 11.8 Å². The van der Waals surface area contributed by atoms with Crippen LogP contribution in [0.3, 0.4) is 0 Å². The van der Waals surface area contributed by atoms with Crippen molar-refractivity contribution < 1.29 is 23.4 Å². The van der Waals surface area contributed by atoms with Gasteiger partial charge in [-0.3, -0.25) is 4.79 Å². The highest BCUT2D eigenvalue weighted by molar-refractivity contribution is 5.77. The lowest BCUT2D eigenvalue weighted by molar-refractivity contribution is -0.142. The second-order valence-corrected chi connectivity index (χ2v) is 6.09. The molecule has 1 aromatic rings. The Morgan fingerprint density at radius 2 is 2.48 bits per heavy atom. The average Bonchev–Trinajstić information content (AvgIpc) is 2.97. The Hall–Kier alpha value is -1.73. The maximum absolute atomic E-state index is 13.7. The van der Waals surface area contributed by atoms with Gasteiger partial charge in [-0.25, -0.2) is 9.37 Å². The van der Waals surface area contributed by atoms with Crippen LogP contribution in [0.15, 0.2) is 18.3 Å². The minimum atomic E-state index is -0.484. The van der Waals surface area contributed by atoms with Crippen LogP contribution in [-0.2, 0) is 14.3 Å². The second-order valence-electron chi connectivity index (χ2n) is 6.09. The molecule has 3 rings (SSSR count). The van der Waals surface area contributed by atoms with Crippen LogP contribution in [0.1, 0.15) is 12.8 Å². The maximum Gasteiger partial charge on any atom is 0.250 e. The van der Waals surface area contributed by atoms with Crippen LogP contribution < -0.4 is 4.74 Å². The van der Waals surface area contributed by atoms with Gasteiger partial charge in [0.1, 0.15) is 6.61 Å². The van der Waals surface area contributed by atoms with E-state index in [-0.39, 0.29) is 36.5 Å². The van der Waals surface area contributed by atoms with Crippen LogP contribution in [0.4, 0.5) is 4.39 Å². The molecule has 0 unspecified atom stereocenters. The Balaban J connectivity index is 1.71. The number of pyridine rings is 1. The molecular formula is C16H21FN2O4. The van der Waals surface area contributed by atoms with Crippen LogP contribution in [0.5, 0.6) is 5.88 Å². The summed E-state index contributed by atoms with van der Waals surface area (Å²) in [6, 6.07) is 2.84. The lowest BCUT2D eigenvalue weighted by atomic mass is 9.77. The minimum Gasteiger partial charge on any atom is -0.475 e. The highest BCUT2D eigenvalue weighted by Crippen LogP contribution is 2.41. The van der Waals surface area contributed by atoms with Crippen LogP contribution in [-0.4, -0.2) is 61.9 Å². The third-order valence-electron chi connectivity index (χ3n) is 4.61. The third kappa shape index (κ3) is 3.30. The van der Waals surface area contributed by atoms with Crippen molar-refractivity contribution in [3.63, 3.8) is 0 Å². The Kier molecular flexibility index (Phi) is 4.77. The number of methoxy groups -OCH3 is 1. The van der Waals surface area contributed by atoms with Crippen molar-refractivity contribution in [1.29, 1.82) is 0 Å². The summed E-state index contributed by atoms with van der Waals surface area (Å²) >= 11 is 0. The van der Waals surface area contributed by atoms with Crippen molar-refractivity contribution in [2.45, 2.75) is 18.9 Å². The van der Waals surface area contributed by atoms with Gasteiger partial charge in [0.05, 0.1) is 18.1 Å². The summed E-state index contributed by atoms with van der Waals surface area (Å²) in [5, 5.41) is 0. The lowest BCUT2D eigenvalue weighted by Crippen LogP contribution is -2.54. The average molecular weight is 324 g/mol. The standard InChI is InChI=1S/C16H21FN2O4/c1-21-9-14(20)19-7-4-13-16(10-19,5-8-22-13)11-23-15-12(17)3-2-6-18-15/h2-3,6,13H,4-5,7-11H2,1H3/t13-,16+/m0/s1. The van der Waals surface area contributed by atoms with E-state index >= 15 is 0 Å². The maximum atomic E-state index is 13.7. The Morgan fingerprint density at radius 1 is 1.61 bits per heavy atom. The van der Waals surface area contributed by atoms with E-state index in [0.717, 1.165) is 12.8 Å². The molecule has 2 aliphatic rings. The van der Waals surface area contributed by atoms with E-state index in [1.807, 2.05) is 0 Å². The number of hydrogen-bond acceptors (Lipinski definition) is 5. The topological polar surface area (TPSA) is 60.9 Å². The number of nitrogens with zero attached hydrogens (tertiary/aromatic N) is 2. The van der Waals surface area contributed by atoms with Crippen LogP contribution in [0.25, 0.3) is 0 Å². The predicted molar refractivity (Wildman–Crippen MR) is 79.6 cm³/mol. The van der Waals surface area contributed by atoms with Crippen molar-refractivity contribution in [2.75, 3.05) is 40.0 Å². The van der Waals surface area contributed by atoms with Gasteiger partial charge in [-0.05, 0) is 25.0 Å². The number of piperidine rings is 1. The molecular weight excluding hydrogens is 303 g/mol. The molecule has 0 saturated carbocycles. The van der Waals surface area contributed by atoms with E-state index in [0.29, 0.717) is 19.7 Å². The Labute approximate surface area is 134 Å². The quantitative estimate of drug-likeness (QED) is 0.816. The molecule has 0 aliphatic carbocycles. The molecule has 0 radical (unpaired) electrons. The summed E-state index contributed by atoms with van der Waals surface area (Å²) in [6.45, 7) is 2.16. The molecule has 23 heavy (non-hydrogen) atoms. The molecule has 0 bridgehead atoms. The van der Waals surface area contributed by atoms with Crippen molar-refractivity contribution >= 4 is 5.91 Å². The summed E-state index contributed by atoms with van der Waals surface area (Å²) in [6.07, 6.45) is 3.06. The fraction of sp³-hybridized carbons (Fsp3) is 0.625. The predicted octanol–water partition coefficient (Wildman–Crippen LogP) is 1.25. The number of rotatable bonds is 5. The SMILES string of the molecule is COCC(=O)N1CC[C@@H]2OCC[C@]2(COc2ncccc2F)C1. The summed E-state index contributed by atoms with van der Waals surface area (Å²) in [7, 11) is 1.51. The van der Waals surface area contributed by atoms with E-state index in [1.54, 1.807) is 4.90 Å². The summed E-state index contributed by atoms with van der Waals surface area (Å²) in [4.78, 5) is 17.8. The molecule has 7 heteroatoms. The van der Waals surface area contributed by atoms with Gasteiger partial charge in [0.25, 0.3) is 0 Å². The zero-order valence-corrected chi connectivity index (χ0v) is 13.2. The van der Waals surface area contributed by atoms with Gasteiger partial charge >= 0.3 is 0 Å². The fourth-order valence-electron chi connectivity index (χ4n) is 3.37. The van der Waals surface area contributed by atoms with Gasteiger partial charge in [0.15, 0.2) is 5.82 Å². The van der Waals surface area contributed by atoms with Gasteiger partial charge in [-0.15, -0.1) is 0 Å².